The first-order valence-electron chi connectivity index (χ1n) is 6.28. The second kappa shape index (κ2) is 6.06. The Bertz CT molecular complexity index is 623. The van der Waals surface area contributed by atoms with Crippen LogP contribution in [0.2, 0.25) is 5.02 Å². The Labute approximate surface area is 132 Å². The highest BCUT2D eigenvalue weighted by molar-refractivity contribution is 9.10. The molecule has 2 aromatic rings. The predicted molar refractivity (Wildman–Crippen MR) is 85.2 cm³/mol. The molecule has 1 heterocycles. The van der Waals surface area contributed by atoms with E-state index in [1.807, 2.05) is 38.1 Å². The molecule has 4 heteroatoms. The molecule has 2 nitrogen and oxygen atoms in total. The molecule has 0 amide bonds. The summed E-state index contributed by atoms with van der Waals surface area (Å²) in [5.74, 6) is 0.0845. The van der Waals surface area contributed by atoms with Gasteiger partial charge in [0.05, 0.1) is 0 Å². The number of carbonyl (C=O) groups is 1. The standard InChI is InChI=1S/C16H15BrClNO/c1-16(2,8-11-3-5-14(18)6-4-11)15(20)12-7-13(17)10-19-9-12/h3-7,9-10H,8H2,1-2H3. The van der Waals surface area contributed by atoms with Crippen molar-refractivity contribution >= 4 is 33.3 Å². The van der Waals surface area contributed by atoms with Crippen LogP contribution in [0.4, 0.5) is 0 Å². The van der Waals surface area contributed by atoms with Gasteiger partial charge in [0.2, 0.25) is 0 Å². The van der Waals surface area contributed by atoms with Gasteiger partial charge in [-0.3, -0.25) is 9.78 Å². The fraction of sp³-hybridized carbons (Fsp3) is 0.250. The fourth-order valence-electron chi connectivity index (χ4n) is 2.12. The molecule has 0 aliphatic carbocycles. The molecule has 0 atom stereocenters. The van der Waals surface area contributed by atoms with Gasteiger partial charge in [-0.2, -0.15) is 0 Å². The van der Waals surface area contributed by atoms with Crippen LogP contribution in [0.5, 0.6) is 0 Å². The third kappa shape index (κ3) is 3.68. The summed E-state index contributed by atoms with van der Waals surface area (Å²) in [4.78, 5) is 16.7. The van der Waals surface area contributed by atoms with Gasteiger partial charge < -0.3 is 0 Å². The molecule has 0 N–H and O–H groups in total. The van der Waals surface area contributed by atoms with Crippen LogP contribution in [0, 0.1) is 5.41 Å². The van der Waals surface area contributed by atoms with E-state index < -0.39 is 5.41 Å². The first-order valence-corrected chi connectivity index (χ1v) is 7.45. The molecule has 1 aromatic carbocycles. The minimum Gasteiger partial charge on any atom is -0.294 e. The summed E-state index contributed by atoms with van der Waals surface area (Å²) in [5.41, 5.74) is 1.23. The Morgan fingerprint density at radius 2 is 1.90 bits per heavy atom. The van der Waals surface area contributed by atoms with Crippen LogP contribution < -0.4 is 0 Å². The first-order chi connectivity index (χ1) is 9.38. The third-order valence-electron chi connectivity index (χ3n) is 3.14. The number of benzene rings is 1. The number of halogens is 2. The number of Topliss-reactive ketones (excluding diaryl/α,β-unsaturated/α-hetero) is 1. The largest absolute Gasteiger partial charge is 0.294 e. The van der Waals surface area contributed by atoms with E-state index in [9.17, 15) is 4.79 Å². The van der Waals surface area contributed by atoms with Crippen LogP contribution in [0.25, 0.3) is 0 Å². The number of hydrogen-bond donors (Lipinski definition) is 0. The summed E-state index contributed by atoms with van der Waals surface area (Å²) in [6.07, 6.45) is 3.94. The molecule has 1 aromatic heterocycles. The monoisotopic (exact) mass is 351 g/mol. The topological polar surface area (TPSA) is 30.0 Å². The van der Waals surface area contributed by atoms with E-state index in [1.54, 1.807) is 18.5 Å². The highest BCUT2D eigenvalue weighted by atomic mass is 79.9. The van der Waals surface area contributed by atoms with Gasteiger partial charge in [-0.05, 0) is 46.1 Å². The molecule has 0 spiro atoms. The Morgan fingerprint density at radius 1 is 1.25 bits per heavy atom. The highest BCUT2D eigenvalue weighted by Crippen LogP contribution is 2.28. The van der Waals surface area contributed by atoms with E-state index in [-0.39, 0.29) is 5.78 Å². The van der Waals surface area contributed by atoms with Gasteiger partial charge in [0.1, 0.15) is 0 Å². The van der Waals surface area contributed by atoms with E-state index in [2.05, 4.69) is 20.9 Å². The first kappa shape index (κ1) is 15.2. The maximum absolute atomic E-state index is 12.6. The van der Waals surface area contributed by atoms with Crippen LogP contribution in [0.1, 0.15) is 29.8 Å². The fourth-order valence-corrected chi connectivity index (χ4v) is 2.61. The summed E-state index contributed by atoms with van der Waals surface area (Å²) in [5, 5.41) is 0.703. The van der Waals surface area contributed by atoms with E-state index in [4.69, 9.17) is 11.6 Å². The van der Waals surface area contributed by atoms with Gasteiger partial charge in [0, 0.05) is 32.9 Å². The number of nitrogens with zero attached hydrogens (tertiary/aromatic N) is 1. The van der Waals surface area contributed by atoms with Crippen LogP contribution in [0.3, 0.4) is 0 Å². The molecule has 0 radical (unpaired) electrons. The van der Waals surface area contributed by atoms with Crippen molar-refractivity contribution in [2.75, 3.05) is 0 Å². The van der Waals surface area contributed by atoms with Crippen molar-refractivity contribution in [1.82, 2.24) is 4.98 Å². The van der Waals surface area contributed by atoms with Crippen molar-refractivity contribution in [3.8, 4) is 0 Å². The molecule has 104 valence electrons. The molecule has 0 saturated heterocycles. The van der Waals surface area contributed by atoms with Crippen molar-refractivity contribution in [2.45, 2.75) is 20.3 Å². The quantitative estimate of drug-likeness (QED) is 0.729. The van der Waals surface area contributed by atoms with Crippen LogP contribution >= 0.6 is 27.5 Å². The van der Waals surface area contributed by atoms with Gasteiger partial charge in [-0.15, -0.1) is 0 Å². The maximum atomic E-state index is 12.6. The van der Waals surface area contributed by atoms with Crippen molar-refractivity contribution in [3.05, 3.63) is 63.3 Å². The summed E-state index contributed by atoms with van der Waals surface area (Å²) >= 11 is 9.22. The Hall–Kier alpha value is -1.19. The van der Waals surface area contributed by atoms with Crippen molar-refractivity contribution < 1.29 is 4.79 Å². The molecule has 0 aliphatic rings. The lowest BCUT2D eigenvalue weighted by Gasteiger charge is -2.23. The molecular formula is C16H15BrClNO. The Kier molecular flexibility index (Phi) is 4.61. The van der Waals surface area contributed by atoms with Crippen LogP contribution in [-0.2, 0) is 6.42 Å². The summed E-state index contributed by atoms with van der Waals surface area (Å²) in [6.45, 7) is 3.90. The maximum Gasteiger partial charge on any atom is 0.170 e. The zero-order valence-electron chi connectivity index (χ0n) is 11.4. The predicted octanol–water partition coefficient (Wildman–Crippen LogP) is 4.95. The number of hydrogen-bond acceptors (Lipinski definition) is 2. The average Bonchev–Trinajstić information content (AvgIpc) is 2.40. The van der Waals surface area contributed by atoms with E-state index in [1.165, 1.54) is 0 Å². The summed E-state index contributed by atoms with van der Waals surface area (Å²) < 4.78 is 0.811. The number of rotatable bonds is 4. The lowest BCUT2D eigenvalue weighted by molar-refractivity contribution is 0.0837. The number of ketones is 1. The number of pyridine rings is 1. The van der Waals surface area contributed by atoms with E-state index in [0.29, 0.717) is 17.0 Å². The average molecular weight is 353 g/mol. The van der Waals surface area contributed by atoms with Crippen molar-refractivity contribution in [1.29, 1.82) is 0 Å². The molecule has 0 aliphatic heterocycles. The van der Waals surface area contributed by atoms with Crippen molar-refractivity contribution in [3.63, 3.8) is 0 Å². The summed E-state index contributed by atoms with van der Waals surface area (Å²) in [6, 6.07) is 9.40. The van der Waals surface area contributed by atoms with Gasteiger partial charge in [-0.25, -0.2) is 0 Å². The van der Waals surface area contributed by atoms with E-state index >= 15 is 0 Å². The van der Waals surface area contributed by atoms with Gasteiger partial charge in [0.25, 0.3) is 0 Å². The third-order valence-corrected chi connectivity index (χ3v) is 3.83. The SMILES string of the molecule is CC(C)(Cc1ccc(Cl)cc1)C(=O)c1cncc(Br)c1. The number of aromatic nitrogens is 1. The Morgan fingerprint density at radius 3 is 2.50 bits per heavy atom. The molecule has 0 saturated carbocycles. The lowest BCUT2D eigenvalue weighted by Crippen LogP contribution is -2.27. The minimum atomic E-state index is -0.490. The minimum absolute atomic E-state index is 0.0845. The molecule has 20 heavy (non-hydrogen) atoms. The van der Waals surface area contributed by atoms with Gasteiger partial charge >= 0.3 is 0 Å². The normalized spacial score (nSPS) is 11.4. The molecule has 0 fully saturated rings. The zero-order chi connectivity index (χ0) is 14.8. The lowest BCUT2D eigenvalue weighted by atomic mass is 9.79. The van der Waals surface area contributed by atoms with Crippen molar-refractivity contribution in [2.24, 2.45) is 5.41 Å². The highest BCUT2D eigenvalue weighted by Gasteiger charge is 2.29. The summed E-state index contributed by atoms with van der Waals surface area (Å²) in [7, 11) is 0. The molecule has 0 unspecified atom stereocenters. The second-order valence-corrected chi connectivity index (χ2v) is 6.76. The van der Waals surface area contributed by atoms with Crippen LogP contribution in [-0.4, -0.2) is 10.8 Å². The van der Waals surface area contributed by atoms with E-state index in [0.717, 1.165) is 10.0 Å². The smallest absolute Gasteiger partial charge is 0.170 e. The van der Waals surface area contributed by atoms with Crippen LogP contribution in [0.15, 0.2) is 47.2 Å². The second-order valence-electron chi connectivity index (χ2n) is 5.41. The molecule has 0 bridgehead atoms. The molecule has 2 rings (SSSR count). The zero-order valence-corrected chi connectivity index (χ0v) is 13.7. The van der Waals surface area contributed by atoms with Gasteiger partial charge in [0.15, 0.2) is 5.78 Å². The van der Waals surface area contributed by atoms with Gasteiger partial charge in [-0.1, -0.05) is 37.6 Å². The molecular weight excluding hydrogens is 338 g/mol. The number of carbonyl (C=O) groups excluding carboxylic acids is 1. The Balaban J connectivity index is 2.21.